The Morgan fingerprint density at radius 3 is 2.58 bits per heavy atom. The summed E-state index contributed by atoms with van der Waals surface area (Å²) >= 11 is 0. The van der Waals surface area contributed by atoms with Crippen LogP contribution >= 0.6 is 0 Å². The highest BCUT2D eigenvalue weighted by molar-refractivity contribution is 5.45. The Labute approximate surface area is 222 Å². The molecular weight excluding hydrogens is 480 g/mol. The van der Waals surface area contributed by atoms with E-state index in [9.17, 15) is 9.59 Å². The minimum absolute atomic E-state index is 0.258. The molecular formula is C29H32N6O3. The first kappa shape index (κ1) is 27.9. The van der Waals surface area contributed by atoms with Crippen molar-refractivity contribution < 1.29 is 4.74 Å². The minimum atomic E-state index is -0.528. The summed E-state index contributed by atoms with van der Waals surface area (Å²) in [5, 5.41) is 11.6. The predicted molar refractivity (Wildman–Crippen MR) is 148 cm³/mol. The SMILES string of the molecule is CCCn1c(=O)nc(NC2=CC(C)=CCC=C2)n(Cc2ccc(C)cc2)c1=O.COc1cc(C#N)ccn1. The highest BCUT2D eigenvalue weighted by atomic mass is 16.5. The molecule has 1 aliphatic rings. The Kier molecular flexibility index (Phi) is 9.94. The number of nitrogens with one attached hydrogen (secondary N) is 1. The zero-order valence-electron chi connectivity index (χ0n) is 22.1. The van der Waals surface area contributed by atoms with Crippen molar-refractivity contribution in [3.8, 4) is 11.9 Å². The van der Waals surface area contributed by atoms with Gasteiger partial charge in [0, 0.05) is 24.5 Å². The molecule has 2 heterocycles. The lowest BCUT2D eigenvalue weighted by Gasteiger charge is -2.16. The number of aromatic nitrogens is 4. The van der Waals surface area contributed by atoms with E-state index in [-0.39, 0.29) is 11.6 Å². The molecule has 0 amide bonds. The van der Waals surface area contributed by atoms with Crippen LogP contribution in [0, 0.1) is 18.3 Å². The number of methoxy groups -OCH3 is 1. The molecule has 9 nitrogen and oxygen atoms in total. The minimum Gasteiger partial charge on any atom is -0.481 e. The van der Waals surface area contributed by atoms with Crippen LogP contribution in [-0.2, 0) is 13.1 Å². The first-order valence-electron chi connectivity index (χ1n) is 12.3. The number of benzene rings is 1. The summed E-state index contributed by atoms with van der Waals surface area (Å²) in [6, 6.07) is 13.2. The van der Waals surface area contributed by atoms with Crippen molar-refractivity contribution in [3.63, 3.8) is 0 Å². The van der Waals surface area contributed by atoms with Crippen molar-refractivity contribution in [1.82, 2.24) is 19.1 Å². The largest absolute Gasteiger partial charge is 0.481 e. The van der Waals surface area contributed by atoms with Crippen LogP contribution in [0.5, 0.6) is 5.88 Å². The fraction of sp³-hybridized carbons (Fsp3) is 0.276. The van der Waals surface area contributed by atoms with Crippen molar-refractivity contribution in [2.75, 3.05) is 12.4 Å². The molecule has 0 aliphatic heterocycles. The maximum absolute atomic E-state index is 13.0. The van der Waals surface area contributed by atoms with Gasteiger partial charge in [0.2, 0.25) is 11.8 Å². The summed E-state index contributed by atoms with van der Waals surface area (Å²) in [5.41, 5.74) is 3.71. The number of allylic oxidation sites excluding steroid dienone is 5. The van der Waals surface area contributed by atoms with Crippen molar-refractivity contribution >= 4 is 5.95 Å². The summed E-state index contributed by atoms with van der Waals surface area (Å²) < 4.78 is 7.52. The molecule has 9 heteroatoms. The molecule has 4 rings (SSSR count). The van der Waals surface area contributed by atoms with Crippen LogP contribution in [0.1, 0.15) is 43.4 Å². The van der Waals surface area contributed by atoms with E-state index in [0.717, 1.165) is 28.8 Å². The molecule has 0 atom stereocenters. The standard InChI is InChI=1S/C22H26N4O2.C7H6N2O/c1-4-13-25-21(27)24-20(23-19-8-6-5-7-17(3)14-19)26(22(25)28)15-18-11-9-16(2)10-12-18;1-10-7-4-6(5-8)2-3-9-7/h6-12,14H,4-5,13,15H2,1-3H3,(H,23,24,27);2-4H,1H3. The molecule has 1 N–H and O–H groups in total. The number of nitrogens with zero attached hydrogens (tertiary/aromatic N) is 5. The Hall–Kier alpha value is -4.71. The quantitative estimate of drug-likeness (QED) is 0.501. The number of pyridine rings is 1. The predicted octanol–water partition coefficient (Wildman–Crippen LogP) is 4.34. The molecule has 0 radical (unpaired) electrons. The average Bonchev–Trinajstić information content (AvgIpc) is 3.13. The van der Waals surface area contributed by atoms with Gasteiger partial charge in [0.25, 0.3) is 0 Å². The molecule has 0 spiro atoms. The molecule has 1 aromatic carbocycles. The zero-order chi connectivity index (χ0) is 27.5. The zero-order valence-corrected chi connectivity index (χ0v) is 22.1. The van der Waals surface area contributed by atoms with Crippen molar-refractivity contribution in [2.45, 2.75) is 46.7 Å². The number of nitriles is 1. The molecule has 38 heavy (non-hydrogen) atoms. The van der Waals surface area contributed by atoms with Crippen LogP contribution in [0.15, 0.2) is 87.8 Å². The first-order valence-corrected chi connectivity index (χ1v) is 12.3. The molecule has 0 unspecified atom stereocenters. The van der Waals surface area contributed by atoms with Gasteiger partial charge in [-0.05, 0) is 50.5 Å². The Morgan fingerprint density at radius 1 is 1.13 bits per heavy atom. The number of ether oxygens (including phenoxy) is 1. The number of hydrogen-bond acceptors (Lipinski definition) is 7. The van der Waals surface area contributed by atoms with Crippen molar-refractivity contribution in [2.24, 2.45) is 0 Å². The summed E-state index contributed by atoms with van der Waals surface area (Å²) in [4.78, 5) is 33.5. The summed E-state index contributed by atoms with van der Waals surface area (Å²) in [6.07, 6.45) is 11.1. The van der Waals surface area contributed by atoms with E-state index in [1.165, 1.54) is 22.4 Å². The van der Waals surface area contributed by atoms with Gasteiger partial charge in [0.1, 0.15) is 0 Å². The highest BCUT2D eigenvalue weighted by Crippen LogP contribution is 2.14. The second kappa shape index (κ2) is 13.6. The Bertz CT molecular complexity index is 1500. The second-order valence-corrected chi connectivity index (χ2v) is 8.73. The van der Waals surface area contributed by atoms with Gasteiger partial charge in [0.15, 0.2) is 0 Å². The third kappa shape index (κ3) is 7.64. The lowest BCUT2D eigenvalue weighted by Crippen LogP contribution is -2.42. The molecule has 1 aliphatic carbocycles. The van der Waals surface area contributed by atoms with Crippen LogP contribution < -0.4 is 21.4 Å². The van der Waals surface area contributed by atoms with E-state index in [2.05, 4.69) is 21.4 Å². The van der Waals surface area contributed by atoms with Crippen LogP contribution in [0.2, 0.25) is 0 Å². The van der Waals surface area contributed by atoms with Gasteiger partial charge in [-0.3, -0.25) is 4.57 Å². The van der Waals surface area contributed by atoms with Crippen LogP contribution in [0.3, 0.4) is 0 Å². The van der Waals surface area contributed by atoms with Gasteiger partial charge in [-0.15, -0.1) is 0 Å². The highest BCUT2D eigenvalue weighted by Gasteiger charge is 2.14. The van der Waals surface area contributed by atoms with Gasteiger partial charge in [-0.2, -0.15) is 10.2 Å². The summed E-state index contributed by atoms with van der Waals surface area (Å²) in [6.45, 7) is 6.65. The van der Waals surface area contributed by atoms with Crippen LogP contribution in [-0.4, -0.2) is 26.2 Å². The van der Waals surface area contributed by atoms with Gasteiger partial charge < -0.3 is 10.1 Å². The first-order chi connectivity index (χ1) is 18.3. The van der Waals surface area contributed by atoms with E-state index in [0.29, 0.717) is 31.0 Å². The average molecular weight is 513 g/mol. The topological polar surface area (TPSA) is 115 Å². The van der Waals surface area contributed by atoms with Crippen LogP contribution in [0.25, 0.3) is 0 Å². The van der Waals surface area contributed by atoms with E-state index in [4.69, 9.17) is 10.00 Å². The maximum Gasteiger partial charge on any atom is 0.354 e. The van der Waals surface area contributed by atoms with Gasteiger partial charge in [-0.25, -0.2) is 19.1 Å². The van der Waals surface area contributed by atoms with Gasteiger partial charge in [-0.1, -0.05) is 54.5 Å². The van der Waals surface area contributed by atoms with Crippen molar-refractivity contribution in [3.05, 3.63) is 116 Å². The lowest BCUT2D eigenvalue weighted by molar-refractivity contribution is 0.398. The third-order valence-electron chi connectivity index (χ3n) is 5.64. The Balaban J connectivity index is 0.000000336. The van der Waals surface area contributed by atoms with E-state index in [1.54, 1.807) is 12.1 Å². The maximum atomic E-state index is 13.0. The van der Waals surface area contributed by atoms with Crippen LogP contribution in [0.4, 0.5) is 5.95 Å². The third-order valence-corrected chi connectivity index (χ3v) is 5.64. The molecule has 196 valence electrons. The number of aryl methyl sites for hydroxylation is 1. The monoisotopic (exact) mass is 512 g/mol. The van der Waals surface area contributed by atoms with E-state index in [1.807, 2.05) is 69.3 Å². The fourth-order valence-corrected chi connectivity index (χ4v) is 3.66. The molecule has 3 aromatic rings. The Morgan fingerprint density at radius 2 is 1.89 bits per heavy atom. The normalized spacial score (nSPS) is 12.3. The lowest BCUT2D eigenvalue weighted by atomic mass is 10.1. The summed E-state index contributed by atoms with van der Waals surface area (Å²) in [5.74, 6) is 0.729. The number of anilines is 1. The molecule has 2 aromatic heterocycles. The van der Waals surface area contributed by atoms with Gasteiger partial charge >= 0.3 is 11.4 Å². The number of rotatable bonds is 7. The molecule has 0 fully saturated rings. The smallest absolute Gasteiger partial charge is 0.354 e. The molecule has 0 bridgehead atoms. The molecule has 0 saturated heterocycles. The molecule has 0 saturated carbocycles. The van der Waals surface area contributed by atoms with Gasteiger partial charge in [0.05, 0.1) is 25.3 Å². The van der Waals surface area contributed by atoms with E-state index >= 15 is 0 Å². The van der Waals surface area contributed by atoms with E-state index < -0.39 is 5.69 Å². The van der Waals surface area contributed by atoms with Crippen molar-refractivity contribution in [1.29, 1.82) is 5.26 Å². The fourth-order valence-electron chi connectivity index (χ4n) is 3.66. The number of hydrogen-bond donors (Lipinski definition) is 1. The summed E-state index contributed by atoms with van der Waals surface area (Å²) in [7, 11) is 1.52. The second-order valence-electron chi connectivity index (χ2n) is 8.73.